The Balaban J connectivity index is 2.19. The molecule has 12 heavy (non-hydrogen) atoms. The molecule has 2 N–H and O–H groups in total. The van der Waals surface area contributed by atoms with Crippen LogP contribution >= 0.6 is 0 Å². The van der Waals surface area contributed by atoms with Gasteiger partial charge < -0.3 is 10.5 Å². The second kappa shape index (κ2) is 5.31. The molecule has 0 aliphatic heterocycles. The van der Waals surface area contributed by atoms with Crippen molar-refractivity contribution >= 4 is 6.29 Å². The van der Waals surface area contributed by atoms with Crippen molar-refractivity contribution in [3.63, 3.8) is 0 Å². The number of hydrogen-bond donors (Lipinski definition) is 1. The number of aldehydes is 1. The van der Waals surface area contributed by atoms with Gasteiger partial charge in [-0.25, -0.2) is 0 Å². The maximum absolute atomic E-state index is 10.1. The first-order valence-electron chi connectivity index (χ1n) is 5.04. The molecule has 1 unspecified atom stereocenters. The first-order valence-corrected chi connectivity index (χ1v) is 5.04. The lowest BCUT2D eigenvalue weighted by molar-refractivity contribution is -0.108. The summed E-state index contributed by atoms with van der Waals surface area (Å²) in [6.07, 6.45) is 9.09. The van der Waals surface area contributed by atoms with Gasteiger partial charge in [-0.3, -0.25) is 0 Å². The summed E-state index contributed by atoms with van der Waals surface area (Å²) >= 11 is 0. The summed E-state index contributed by atoms with van der Waals surface area (Å²) in [4.78, 5) is 10.1. The van der Waals surface area contributed by atoms with Crippen LogP contribution in [0.5, 0.6) is 0 Å². The summed E-state index contributed by atoms with van der Waals surface area (Å²) in [7, 11) is 0. The second-order valence-corrected chi connectivity index (χ2v) is 3.81. The van der Waals surface area contributed by atoms with Crippen molar-refractivity contribution in [1.29, 1.82) is 0 Å². The van der Waals surface area contributed by atoms with Crippen molar-refractivity contribution in [2.75, 3.05) is 0 Å². The lowest BCUT2D eigenvalue weighted by atomic mass is 9.83. The zero-order valence-electron chi connectivity index (χ0n) is 7.67. The van der Waals surface area contributed by atoms with Crippen LogP contribution in [0.25, 0.3) is 0 Å². The molecule has 0 aromatic carbocycles. The largest absolute Gasteiger partial charge is 0.327 e. The van der Waals surface area contributed by atoms with Crippen molar-refractivity contribution in [2.24, 2.45) is 11.7 Å². The van der Waals surface area contributed by atoms with E-state index in [4.69, 9.17) is 5.73 Å². The zero-order valence-corrected chi connectivity index (χ0v) is 7.67. The van der Waals surface area contributed by atoms with E-state index in [1.807, 2.05) is 0 Å². The summed E-state index contributed by atoms with van der Waals surface area (Å²) < 4.78 is 0. The van der Waals surface area contributed by atoms with Crippen molar-refractivity contribution < 1.29 is 4.79 Å². The first-order chi connectivity index (χ1) is 5.84. The van der Waals surface area contributed by atoms with E-state index < -0.39 is 0 Å². The molecule has 0 saturated heterocycles. The second-order valence-electron chi connectivity index (χ2n) is 3.81. The topological polar surface area (TPSA) is 43.1 Å². The molecule has 0 amide bonds. The van der Waals surface area contributed by atoms with Gasteiger partial charge in [-0.1, -0.05) is 19.3 Å². The highest BCUT2D eigenvalue weighted by Gasteiger charge is 2.19. The normalized spacial score (nSPS) is 22.1. The molecule has 1 aliphatic carbocycles. The molecule has 1 atom stereocenters. The minimum Gasteiger partial charge on any atom is -0.327 e. The Morgan fingerprint density at radius 3 is 2.58 bits per heavy atom. The van der Waals surface area contributed by atoms with Crippen LogP contribution in [0.4, 0.5) is 0 Å². The molecule has 2 nitrogen and oxygen atoms in total. The average Bonchev–Trinajstić information content (AvgIpc) is 2.15. The molecule has 0 aromatic rings. The monoisotopic (exact) mass is 169 g/mol. The molecular formula is C10H19NO. The van der Waals surface area contributed by atoms with Crippen molar-refractivity contribution in [2.45, 2.75) is 51.0 Å². The number of hydrogen-bond acceptors (Lipinski definition) is 2. The SMILES string of the molecule is NC(CCC=O)C1CCCCC1. The van der Waals surface area contributed by atoms with Gasteiger partial charge in [-0.2, -0.15) is 0 Å². The Kier molecular flexibility index (Phi) is 4.30. The summed E-state index contributed by atoms with van der Waals surface area (Å²) in [6.45, 7) is 0. The zero-order chi connectivity index (χ0) is 8.81. The third-order valence-corrected chi connectivity index (χ3v) is 2.87. The molecule has 1 rings (SSSR count). The fraction of sp³-hybridized carbons (Fsp3) is 0.900. The van der Waals surface area contributed by atoms with Crippen LogP contribution in [0.2, 0.25) is 0 Å². The first kappa shape index (κ1) is 9.72. The third-order valence-electron chi connectivity index (χ3n) is 2.87. The Bertz CT molecular complexity index is 130. The standard InChI is InChI=1S/C10H19NO/c11-10(7-4-8-12)9-5-2-1-3-6-9/h8-10H,1-7,11H2. The smallest absolute Gasteiger partial charge is 0.120 e. The van der Waals surface area contributed by atoms with Crippen LogP contribution in [0.1, 0.15) is 44.9 Å². The Hall–Kier alpha value is -0.370. The Morgan fingerprint density at radius 2 is 2.00 bits per heavy atom. The highest BCUT2D eigenvalue weighted by molar-refractivity contribution is 5.49. The fourth-order valence-electron chi connectivity index (χ4n) is 2.06. The van der Waals surface area contributed by atoms with E-state index in [9.17, 15) is 4.79 Å². The van der Waals surface area contributed by atoms with Crippen LogP contribution in [-0.4, -0.2) is 12.3 Å². The van der Waals surface area contributed by atoms with Gasteiger partial charge in [0.25, 0.3) is 0 Å². The summed E-state index contributed by atoms with van der Waals surface area (Å²) in [5.41, 5.74) is 5.98. The highest BCUT2D eigenvalue weighted by atomic mass is 16.1. The minimum atomic E-state index is 0.274. The lowest BCUT2D eigenvalue weighted by Gasteiger charge is -2.26. The van der Waals surface area contributed by atoms with E-state index >= 15 is 0 Å². The third kappa shape index (κ3) is 2.94. The van der Waals surface area contributed by atoms with Gasteiger partial charge in [0.1, 0.15) is 6.29 Å². The highest BCUT2D eigenvalue weighted by Crippen LogP contribution is 2.26. The van der Waals surface area contributed by atoms with Crippen LogP contribution in [0, 0.1) is 5.92 Å². The molecule has 70 valence electrons. The molecule has 2 heteroatoms. The molecule has 1 saturated carbocycles. The average molecular weight is 169 g/mol. The number of carbonyl (C=O) groups is 1. The van der Waals surface area contributed by atoms with Crippen molar-refractivity contribution in [1.82, 2.24) is 0 Å². The Labute approximate surface area is 74.5 Å². The summed E-state index contributed by atoms with van der Waals surface area (Å²) in [5, 5.41) is 0. The number of carbonyl (C=O) groups excluding carboxylic acids is 1. The van der Waals surface area contributed by atoms with E-state index in [-0.39, 0.29) is 6.04 Å². The number of rotatable bonds is 4. The molecule has 0 heterocycles. The summed E-state index contributed by atoms with van der Waals surface area (Å²) in [6, 6.07) is 0.274. The molecule has 0 aromatic heterocycles. The molecule has 1 fully saturated rings. The van der Waals surface area contributed by atoms with E-state index in [0.29, 0.717) is 12.3 Å². The predicted octanol–water partition coefficient (Wildman–Crippen LogP) is 1.87. The predicted molar refractivity (Wildman–Crippen MR) is 49.8 cm³/mol. The van der Waals surface area contributed by atoms with Gasteiger partial charge in [-0.05, 0) is 25.2 Å². The minimum absolute atomic E-state index is 0.274. The van der Waals surface area contributed by atoms with Crippen LogP contribution in [0.3, 0.4) is 0 Å². The van der Waals surface area contributed by atoms with Crippen LogP contribution in [0.15, 0.2) is 0 Å². The number of nitrogens with two attached hydrogens (primary N) is 1. The van der Waals surface area contributed by atoms with E-state index in [2.05, 4.69) is 0 Å². The molecule has 0 radical (unpaired) electrons. The van der Waals surface area contributed by atoms with Gasteiger partial charge in [0, 0.05) is 12.5 Å². The van der Waals surface area contributed by atoms with Gasteiger partial charge in [0.15, 0.2) is 0 Å². The van der Waals surface area contributed by atoms with Gasteiger partial charge in [-0.15, -0.1) is 0 Å². The maximum atomic E-state index is 10.1. The van der Waals surface area contributed by atoms with Gasteiger partial charge in [0.05, 0.1) is 0 Å². The van der Waals surface area contributed by atoms with Crippen LogP contribution in [-0.2, 0) is 4.79 Å². The van der Waals surface area contributed by atoms with Gasteiger partial charge >= 0.3 is 0 Å². The molecular weight excluding hydrogens is 150 g/mol. The molecule has 0 spiro atoms. The maximum Gasteiger partial charge on any atom is 0.120 e. The Morgan fingerprint density at radius 1 is 1.33 bits per heavy atom. The molecule has 0 bridgehead atoms. The van der Waals surface area contributed by atoms with Crippen LogP contribution < -0.4 is 5.73 Å². The van der Waals surface area contributed by atoms with E-state index in [0.717, 1.165) is 12.7 Å². The summed E-state index contributed by atoms with van der Waals surface area (Å²) in [5.74, 6) is 0.693. The van der Waals surface area contributed by atoms with Crippen molar-refractivity contribution in [3.8, 4) is 0 Å². The quantitative estimate of drug-likeness (QED) is 0.653. The van der Waals surface area contributed by atoms with Gasteiger partial charge in [0.2, 0.25) is 0 Å². The van der Waals surface area contributed by atoms with E-state index in [1.165, 1.54) is 32.1 Å². The molecule has 1 aliphatic rings. The fourth-order valence-corrected chi connectivity index (χ4v) is 2.06. The van der Waals surface area contributed by atoms with Crippen molar-refractivity contribution in [3.05, 3.63) is 0 Å². The lowest BCUT2D eigenvalue weighted by Crippen LogP contribution is -2.31. The van der Waals surface area contributed by atoms with E-state index in [1.54, 1.807) is 0 Å².